The van der Waals surface area contributed by atoms with E-state index in [0.29, 0.717) is 34.2 Å². The van der Waals surface area contributed by atoms with Gasteiger partial charge in [0.2, 0.25) is 0 Å². The van der Waals surface area contributed by atoms with Crippen LogP contribution < -0.4 is 4.74 Å². The number of aromatic nitrogens is 2. The fraction of sp³-hybridized carbons (Fsp3) is 0.0952. The minimum Gasteiger partial charge on any atom is -0.494 e. The van der Waals surface area contributed by atoms with Crippen molar-refractivity contribution in [1.82, 2.24) is 9.55 Å². The van der Waals surface area contributed by atoms with E-state index in [1.165, 1.54) is 6.07 Å². The van der Waals surface area contributed by atoms with Crippen molar-refractivity contribution in [2.45, 2.75) is 6.54 Å². The number of ether oxygens (including phenoxy) is 1. The Balaban J connectivity index is 1.96. The van der Waals surface area contributed by atoms with Crippen molar-refractivity contribution in [3.63, 3.8) is 0 Å². The number of nitrogens with zero attached hydrogens (tertiary/aromatic N) is 2. The minimum atomic E-state index is -0.311. The van der Waals surface area contributed by atoms with E-state index in [1.54, 1.807) is 25.3 Å². The van der Waals surface area contributed by atoms with Crippen molar-refractivity contribution in [3.8, 4) is 17.1 Å². The Morgan fingerprint density at radius 1 is 1.04 bits per heavy atom. The Morgan fingerprint density at radius 2 is 1.85 bits per heavy atom. The molecule has 0 saturated heterocycles. The van der Waals surface area contributed by atoms with Crippen molar-refractivity contribution >= 4 is 22.6 Å². The molecule has 0 bridgehead atoms. The van der Waals surface area contributed by atoms with Gasteiger partial charge in [-0.3, -0.25) is 0 Å². The van der Waals surface area contributed by atoms with Gasteiger partial charge in [0.25, 0.3) is 0 Å². The van der Waals surface area contributed by atoms with Crippen LogP contribution in [0.5, 0.6) is 5.75 Å². The molecule has 0 atom stereocenters. The van der Waals surface area contributed by atoms with E-state index in [4.69, 9.17) is 21.3 Å². The number of benzene rings is 3. The van der Waals surface area contributed by atoms with Crippen molar-refractivity contribution in [2.75, 3.05) is 7.11 Å². The average Bonchev–Trinajstić information content (AvgIpc) is 3.00. The summed E-state index contributed by atoms with van der Waals surface area (Å²) in [5, 5.41) is 0.664. The lowest BCUT2D eigenvalue weighted by atomic mass is 10.2. The molecule has 3 nitrogen and oxygen atoms in total. The second-order valence-electron chi connectivity index (χ2n) is 5.96. The van der Waals surface area contributed by atoms with Crippen LogP contribution in [0.2, 0.25) is 5.02 Å². The van der Waals surface area contributed by atoms with Gasteiger partial charge in [0.05, 0.1) is 18.2 Å². The lowest BCUT2D eigenvalue weighted by Gasteiger charge is -2.11. The summed E-state index contributed by atoms with van der Waals surface area (Å²) < 4.78 is 21.9. The summed E-state index contributed by atoms with van der Waals surface area (Å²) in [4.78, 5) is 4.70. The molecule has 130 valence electrons. The predicted molar refractivity (Wildman–Crippen MR) is 102 cm³/mol. The molecule has 0 aliphatic rings. The number of methoxy groups -OCH3 is 1. The maximum absolute atomic E-state index is 14.5. The second kappa shape index (κ2) is 6.81. The van der Waals surface area contributed by atoms with Gasteiger partial charge in [-0.25, -0.2) is 9.37 Å². The van der Waals surface area contributed by atoms with Crippen molar-refractivity contribution < 1.29 is 9.13 Å². The van der Waals surface area contributed by atoms with Gasteiger partial charge >= 0.3 is 0 Å². The maximum Gasteiger partial charge on any atom is 0.146 e. The number of fused-ring (bicyclic) bond motifs is 1. The Bertz CT molecular complexity index is 1090. The van der Waals surface area contributed by atoms with Gasteiger partial charge in [-0.05, 0) is 42.0 Å². The fourth-order valence-electron chi connectivity index (χ4n) is 3.11. The van der Waals surface area contributed by atoms with Gasteiger partial charge in [0.1, 0.15) is 22.9 Å². The van der Waals surface area contributed by atoms with Crippen LogP contribution in [-0.2, 0) is 6.54 Å². The van der Waals surface area contributed by atoms with Crippen LogP contribution in [0, 0.1) is 5.82 Å². The lowest BCUT2D eigenvalue weighted by molar-refractivity contribution is 0.419. The van der Waals surface area contributed by atoms with Gasteiger partial charge in [-0.1, -0.05) is 41.9 Å². The Labute approximate surface area is 155 Å². The molecule has 5 heteroatoms. The van der Waals surface area contributed by atoms with Crippen LogP contribution in [-0.4, -0.2) is 16.7 Å². The monoisotopic (exact) mass is 366 g/mol. The highest BCUT2D eigenvalue weighted by molar-refractivity contribution is 6.30. The Hall–Kier alpha value is -2.85. The van der Waals surface area contributed by atoms with E-state index in [1.807, 2.05) is 47.0 Å². The molecule has 0 aliphatic heterocycles. The Kier molecular flexibility index (Phi) is 4.35. The fourth-order valence-corrected chi connectivity index (χ4v) is 3.33. The first-order valence-corrected chi connectivity index (χ1v) is 8.58. The summed E-state index contributed by atoms with van der Waals surface area (Å²) in [6.45, 7) is 0.522. The van der Waals surface area contributed by atoms with Crippen molar-refractivity contribution in [1.29, 1.82) is 0 Å². The summed E-state index contributed by atoms with van der Waals surface area (Å²) in [6, 6.07) is 20.0. The molecule has 26 heavy (non-hydrogen) atoms. The molecule has 1 aromatic heterocycles. The number of hydrogen-bond acceptors (Lipinski definition) is 2. The Morgan fingerprint density at radius 3 is 2.62 bits per heavy atom. The molecule has 0 fully saturated rings. The summed E-state index contributed by atoms with van der Waals surface area (Å²) in [7, 11) is 1.60. The quantitative estimate of drug-likeness (QED) is 0.473. The molecule has 0 radical (unpaired) electrons. The normalized spacial score (nSPS) is 11.0. The lowest BCUT2D eigenvalue weighted by Crippen LogP contribution is -2.03. The van der Waals surface area contributed by atoms with Gasteiger partial charge in [-0.2, -0.15) is 0 Å². The summed E-state index contributed by atoms with van der Waals surface area (Å²) in [5.74, 6) is 0.904. The highest BCUT2D eigenvalue weighted by atomic mass is 35.5. The van der Waals surface area contributed by atoms with E-state index in [2.05, 4.69) is 0 Å². The van der Waals surface area contributed by atoms with Gasteiger partial charge < -0.3 is 9.30 Å². The number of rotatable bonds is 4. The molecule has 4 aromatic rings. The molecular formula is C21H16ClFN2O. The molecule has 0 unspecified atom stereocenters. The summed E-state index contributed by atoms with van der Waals surface area (Å²) >= 11 is 6.13. The minimum absolute atomic E-state index is 0.311. The third-order valence-electron chi connectivity index (χ3n) is 4.31. The average molecular weight is 367 g/mol. The zero-order valence-corrected chi connectivity index (χ0v) is 14.9. The van der Waals surface area contributed by atoms with Crippen LogP contribution in [0.15, 0.2) is 66.7 Å². The van der Waals surface area contributed by atoms with Gasteiger partial charge in [0.15, 0.2) is 0 Å². The molecule has 0 saturated carbocycles. The number of para-hydroxylation sites is 1. The first-order chi connectivity index (χ1) is 12.7. The van der Waals surface area contributed by atoms with Gasteiger partial charge in [0, 0.05) is 11.6 Å². The smallest absolute Gasteiger partial charge is 0.146 e. The molecule has 0 N–H and O–H groups in total. The first kappa shape index (κ1) is 16.6. The predicted octanol–water partition coefficient (Wildman–Crippen LogP) is 5.55. The third-order valence-corrected chi connectivity index (χ3v) is 4.54. The van der Waals surface area contributed by atoms with Crippen molar-refractivity contribution in [2.24, 2.45) is 0 Å². The van der Waals surface area contributed by atoms with Crippen molar-refractivity contribution in [3.05, 3.63) is 83.1 Å². The van der Waals surface area contributed by atoms with E-state index < -0.39 is 0 Å². The van der Waals surface area contributed by atoms with E-state index in [9.17, 15) is 4.39 Å². The van der Waals surface area contributed by atoms with Crippen LogP contribution in [0.25, 0.3) is 22.4 Å². The molecule has 3 aromatic carbocycles. The summed E-state index contributed by atoms with van der Waals surface area (Å²) in [5.41, 5.74) is 3.04. The molecular weight excluding hydrogens is 351 g/mol. The SMILES string of the molecule is COc1cccc2c1nc(-c1ccccc1F)n2Cc1cccc(Cl)c1. The van der Waals surface area contributed by atoms with Crippen LogP contribution in [0.4, 0.5) is 4.39 Å². The van der Waals surface area contributed by atoms with Crippen LogP contribution in [0.1, 0.15) is 5.56 Å². The largest absolute Gasteiger partial charge is 0.494 e. The molecule has 0 spiro atoms. The zero-order valence-electron chi connectivity index (χ0n) is 14.1. The molecule has 4 rings (SSSR count). The molecule has 0 amide bonds. The van der Waals surface area contributed by atoms with E-state index in [0.717, 1.165) is 11.1 Å². The molecule has 1 heterocycles. The standard InChI is InChI=1S/C21H16ClFN2O/c1-26-19-11-5-10-18-20(19)24-21(16-8-2-3-9-17(16)23)25(18)13-14-6-4-7-15(22)12-14/h2-12H,13H2,1H3. The number of imidazole rings is 1. The zero-order chi connectivity index (χ0) is 18.1. The maximum atomic E-state index is 14.5. The summed E-state index contributed by atoms with van der Waals surface area (Å²) in [6.07, 6.45) is 0. The van der Waals surface area contributed by atoms with Crippen LogP contribution in [0.3, 0.4) is 0 Å². The second-order valence-corrected chi connectivity index (χ2v) is 6.40. The topological polar surface area (TPSA) is 27.1 Å². The van der Waals surface area contributed by atoms with E-state index in [-0.39, 0.29) is 5.82 Å². The van der Waals surface area contributed by atoms with Crippen LogP contribution >= 0.6 is 11.6 Å². The number of hydrogen-bond donors (Lipinski definition) is 0. The molecule has 0 aliphatic carbocycles. The van der Waals surface area contributed by atoms with Gasteiger partial charge in [-0.15, -0.1) is 0 Å². The third kappa shape index (κ3) is 2.93. The van der Waals surface area contributed by atoms with E-state index >= 15 is 0 Å². The highest BCUT2D eigenvalue weighted by Gasteiger charge is 2.18. The number of halogens is 2. The highest BCUT2D eigenvalue weighted by Crippen LogP contribution is 2.32. The first-order valence-electron chi connectivity index (χ1n) is 8.20.